The predicted octanol–water partition coefficient (Wildman–Crippen LogP) is 14.4. The van der Waals surface area contributed by atoms with Gasteiger partial charge in [0.2, 0.25) is 0 Å². The number of hydrogen-bond donors (Lipinski definition) is 0. The fourth-order valence-corrected chi connectivity index (χ4v) is 7.91. The molecule has 0 aliphatic heterocycles. The minimum Gasteiger partial charge on any atom is -0.455 e. The highest BCUT2D eigenvalue weighted by Crippen LogP contribution is 2.46. The van der Waals surface area contributed by atoms with Crippen molar-refractivity contribution in [3.63, 3.8) is 0 Å². The molecule has 11 aromatic rings. The molecular formula is C50H30O. The van der Waals surface area contributed by atoms with E-state index in [1.54, 1.807) is 0 Å². The molecule has 0 saturated carbocycles. The third-order valence-electron chi connectivity index (χ3n) is 10.2. The first-order valence-corrected chi connectivity index (χ1v) is 16.9. The van der Waals surface area contributed by atoms with Crippen LogP contribution in [0, 0.1) is 0 Å². The van der Waals surface area contributed by atoms with Crippen molar-refractivity contribution in [3.05, 3.63) is 182 Å². The van der Waals surface area contributed by atoms with E-state index >= 15 is 0 Å². The maximum absolute atomic E-state index is 9.22. The van der Waals surface area contributed by atoms with Crippen LogP contribution < -0.4 is 0 Å². The Morgan fingerprint density at radius 3 is 1.84 bits per heavy atom. The molecular weight excluding hydrogens is 617 g/mol. The summed E-state index contributed by atoms with van der Waals surface area (Å²) in [5.74, 6) is 0. The predicted molar refractivity (Wildman–Crippen MR) is 218 cm³/mol. The van der Waals surface area contributed by atoms with Gasteiger partial charge in [-0.3, -0.25) is 0 Å². The molecule has 0 fully saturated rings. The smallest absolute Gasteiger partial charge is 0.143 e. The third kappa shape index (κ3) is 4.22. The summed E-state index contributed by atoms with van der Waals surface area (Å²) >= 11 is 0. The van der Waals surface area contributed by atoms with Gasteiger partial charge in [0.05, 0.1) is 12.3 Å². The van der Waals surface area contributed by atoms with Gasteiger partial charge >= 0.3 is 0 Å². The molecule has 0 aliphatic rings. The van der Waals surface area contributed by atoms with Gasteiger partial charge in [0.25, 0.3) is 0 Å². The first-order valence-electron chi connectivity index (χ1n) is 21.4. The highest BCUT2D eigenvalue weighted by molar-refractivity contribution is 6.24. The molecule has 0 atom stereocenters. The van der Waals surface area contributed by atoms with E-state index in [1.165, 1.54) is 16.3 Å². The number of rotatable bonds is 3. The van der Waals surface area contributed by atoms with Crippen molar-refractivity contribution in [2.45, 2.75) is 0 Å². The molecule has 0 saturated heterocycles. The molecule has 51 heavy (non-hydrogen) atoms. The van der Waals surface area contributed by atoms with Crippen molar-refractivity contribution in [2.75, 3.05) is 0 Å². The highest BCUT2D eigenvalue weighted by Gasteiger charge is 2.19. The average Bonchev–Trinajstić information content (AvgIpc) is 3.67. The minimum absolute atomic E-state index is 0.0580. The van der Waals surface area contributed by atoms with Crippen molar-refractivity contribution in [1.29, 1.82) is 0 Å². The summed E-state index contributed by atoms with van der Waals surface area (Å²) in [6, 6.07) is 40.1. The second-order valence-electron chi connectivity index (χ2n) is 12.9. The van der Waals surface area contributed by atoms with Crippen LogP contribution in [0.3, 0.4) is 0 Å². The zero-order valence-corrected chi connectivity index (χ0v) is 27.0. The van der Waals surface area contributed by atoms with Gasteiger partial charge in [0.1, 0.15) is 11.2 Å². The Bertz CT molecular complexity index is 3660. The average molecular weight is 656 g/mol. The monoisotopic (exact) mass is 655 g/mol. The summed E-state index contributed by atoms with van der Waals surface area (Å²) in [7, 11) is 0. The van der Waals surface area contributed by atoms with Crippen LogP contribution in [0.4, 0.5) is 0 Å². The normalized spacial score (nSPS) is 14.4. The Labute approximate surface area is 307 Å². The molecule has 1 heterocycles. The lowest BCUT2D eigenvalue weighted by Gasteiger charge is -2.19. The summed E-state index contributed by atoms with van der Waals surface area (Å²) in [4.78, 5) is 0. The highest BCUT2D eigenvalue weighted by atomic mass is 16.3. The zero-order chi connectivity index (χ0) is 41.3. The first kappa shape index (κ1) is 20.7. The molecule has 0 spiro atoms. The van der Waals surface area contributed by atoms with Crippen molar-refractivity contribution in [2.24, 2.45) is 0 Å². The molecule has 0 unspecified atom stereocenters. The van der Waals surface area contributed by atoms with E-state index in [4.69, 9.17) is 15.4 Å². The summed E-state index contributed by atoms with van der Waals surface area (Å²) in [6.07, 6.45) is 0. The molecule has 0 N–H and O–H groups in total. The van der Waals surface area contributed by atoms with Gasteiger partial charge in [-0.15, -0.1) is 0 Å². The van der Waals surface area contributed by atoms with E-state index < -0.39 is 36.3 Å². The largest absolute Gasteiger partial charge is 0.455 e. The molecule has 0 aliphatic carbocycles. The van der Waals surface area contributed by atoms with E-state index in [1.807, 2.05) is 18.2 Å². The molecule has 0 radical (unpaired) electrons. The number of fused-ring (bicyclic) bond motifs is 9. The Kier molecular flexibility index (Phi) is 4.43. The van der Waals surface area contributed by atoms with Gasteiger partial charge in [-0.1, -0.05) is 158 Å². The van der Waals surface area contributed by atoms with Gasteiger partial charge < -0.3 is 4.42 Å². The topological polar surface area (TPSA) is 13.1 Å². The Hall–Kier alpha value is -6.70. The van der Waals surface area contributed by atoms with Crippen molar-refractivity contribution < 1.29 is 16.8 Å². The van der Waals surface area contributed by atoms with Gasteiger partial charge in [-0.05, 0) is 106 Å². The lowest BCUT2D eigenvalue weighted by atomic mass is 9.84. The van der Waals surface area contributed by atoms with Crippen LogP contribution in [0.5, 0.6) is 0 Å². The van der Waals surface area contributed by atoms with Gasteiger partial charge in [0, 0.05) is 16.2 Å². The maximum atomic E-state index is 9.22. The van der Waals surface area contributed by atoms with Crippen LogP contribution in [0.15, 0.2) is 186 Å². The van der Waals surface area contributed by atoms with Crippen LogP contribution in [0.1, 0.15) is 12.3 Å². The minimum atomic E-state index is -0.531. The van der Waals surface area contributed by atoms with E-state index in [2.05, 4.69) is 109 Å². The van der Waals surface area contributed by atoms with Gasteiger partial charge in [-0.2, -0.15) is 0 Å². The van der Waals surface area contributed by atoms with Crippen LogP contribution >= 0.6 is 0 Å². The van der Waals surface area contributed by atoms with Gasteiger partial charge in [0.15, 0.2) is 0 Å². The Balaban J connectivity index is 1.18. The molecule has 11 rings (SSSR count). The van der Waals surface area contributed by atoms with Crippen LogP contribution in [-0.4, -0.2) is 0 Å². The molecule has 1 nitrogen and oxygen atoms in total. The van der Waals surface area contributed by atoms with E-state index in [0.29, 0.717) is 5.56 Å². The van der Waals surface area contributed by atoms with E-state index in [9.17, 15) is 1.37 Å². The number of hydrogen-bond acceptors (Lipinski definition) is 1. The number of furan rings is 1. The van der Waals surface area contributed by atoms with Crippen LogP contribution in [0.25, 0.3) is 109 Å². The Morgan fingerprint density at radius 1 is 0.373 bits per heavy atom. The molecule has 0 bridgehead atoms. The molecule has 236 valence electrons. The number of benzene rings is 10. The lowest BCUT2D eigenvalue weighted by molar-refractivity contribution is 0.673. The van der Waals surface area contributed by atoms with Crippen molar-refractivity contribution in [3.8, 4) is 33.4 Å². The van der Waals surface area contributed by atoms with Crippen LogP contribution in [0.2, 0.25) is 0 Å². The zero-order valence-electron chi connectivity index (χ0n) is 36.0. The van der Waals surface area contributed by atoms with Gasteiger partial charge in [-0.25, -0.2) is 0 Å². The van der Waals surface area contributed by atoms with E-state index in [0.717, 1.165) is 49.0 Å². The molecule has 10 aromatic carbocycles. The summed E-state index contributed by atoms with van der Waals surface area (Å²) in [6.45, 7) is 0. The maximum Gasteiger partial charge on any atom is 0.143 e. The fraction of sp³-hybridized carbons (Fsp3) is 0. The summed E-state index contributed by atoms with van der Waals surface area (Å²) < 4.78 is 85.1. The first-order chi connectivity index (χ1) is 29.0. The summed E-state index contributed by atoms with van der Waals surface area (Å²) in [5.41, 5.74) is 4.99. The van der Waals surface area contributed by atoms with E-state index in [-0.39, 0.29) is 56.4 Å². The molecule has 1 aromatic heterocycles. The molecule has 1 heteroatoms. The van der Waals surface area contributed by atoms with Crippen LogP contribution in [-0.2, 0) is 0 Å². The standard InChI is InChI=1S/C50H30O/c1-3-14-37-32(11-1)13-9-21-40(37)48-43-18-7-5-16-41(43)47(42-17-6-8-19-44(42)48)35-26-24-31-23-25-34(29-36(31)30-35)38-20-10-22-46-49(38)45-28-27-33-12-2-4-15-39(33)50(45)51-46/h1-30H/i2D,4D,10D,12D,15D,20D,22D,27D,28D. The second kappa shape index (κ2) is 10.9. The quantitative estimate of drug-likeness (QED) is 0.173. The lowest BCUT2D eigenvalue weighted by Crippen LogP contribution is -1.91. The summed E-state index contributed by atoms with van der Waals surface area (Å²) in [5, 5.41) is 8.58. The molecule has 0 amide bonds. The van der Waals surface area contributed by atoms with Crippen molar-refractivity contribution >= 4 is 75.8 Å². The fourth-order valence-electron chi connectivity index (χ4n) is 7.91. The second-order valence-corrected chi connectivity index (χ2v) is 12.9. The Morgan fingerprint density at radius 2 is 1.04 bits per heavy atom. The SMILES string of the molecule is [2H]c1c([2H])c(-c2ccc3ccc(-c4c5ccccc5c(-c5cccc6ccccc56)c5ccccc45)cc3c2)c2c(oc3c4c([2H])c([2H])c([2H])c([2H])c4c([2H])c([2H])c32)c1[2H]. The van der Waals surface area contributed by atoms with Crippen molar-refractivity contribution in [1.82, 2.24) is 0 Å². The third-order valence-corrected chi connectivity index (χ3v) is 10.2.